The third-order valence-electron chi connectivity index (χ3n) is 3.13. The van der Waals surface area contributed by atoms with Crippen molar-refractivity contribution in [2.24, 2.45) is 0 Å². The highest BCUT2D eigenvalue weighted by Crippen LogP contribution is 2.31. The Balaban J connectivity index is 1.96. The smallest absolute Gasteiger partial charge is 0.115 e. The van der Waals surface area contributed by atoms with Crippen LogP contribution in [0.2, 0.25) is 0 Å². The lowest BCUT2D eigenvalue weighted by molar-refractivity contribution is 0.574. The first-order chi connectivity index (χ1) is 6.93. The van der Waals surface area contributed by atoms with E-state index in [-0.39, 0.29) is 0 Å². The molecule has 72 valence electrons. The van der Waals surface area contributed by atoms with Crippen LogP contribution in [0.5, 0.6) is 0 Å². The van der Waals surface area contributed by atoms with Crippen molar-refractivity contribution in [1.82, 2.24) is 15.3 Å². The number of hydrogen-bond donors (Lipinski definition) is 1. The molecule has 2 bridgehead atoms. The maximum absolute atomic E-state index is 4.06. The zero-order valence-electron chi connectivity index (χ0n) is 7.98. The van der Waals surface area contributed by atoms with E-state index in [2.05, 4.69) is 21.4 Å². The Bertz CT molecular complexity index is 358. The van der Waals surface area contributed by atoms with Gasteiger partial charge in [0, 0.05) is 30.0 Å². The van der Waals surface area contributed by atoms with Crippen LogP contribution >= 0.6 is 0 Å². The Labute approximate surface area is 83.3 Å². The van der Waals surface area contributed by atoms with Gasteiger partial charge in [-0.3, -0.25) is 0 Å². The van der Waals surface area contributed by atoms with Crippen LogP contribution in [0.1, 0.15) is 24.8 Å². The van der Waals surface area contributed by atoms with E-state index in [0.29, 0.717) is 12.1 Å². The lowest BCUT2D eigenvalue weighted by atomic mass is 9.98. The van der Waals surface area contributed by atoms with Crippen molar-refractivity contribution in [3.05, 3.63) is 30.4 Å². The van der Waals surface area contributed by atoms with Crippen molar-refractivity contribution in [1.29, 1.82) is 0 Å². The summed E-state index contributed by atoms with van der Waals surface area (Å²) in [6.07, 6.45) is 11.4. The van der Waals surface area contributed by atoms with E-state index in [9.17, 15) is 0 Å². The highest BCUT2D eigenvalue weighted by Gasteiger charge is 2.30. The second kappa shape index (κ2) is 3.17. The van der Waals surface area contributed by atoms with Gasteiger partial charge >= 0.3 is 0 Å². The van der Waals surface area contributed by atoms with Crippen LogP contribution in [-0.2, 0) is 0 Å². The van der Waals surface area contributed by atoms with E-state index in [0.717, 1.165) is 6.42 Å². The lowest BCUT2D eigenvalue weighted by Crippen LogP contribution is -2.33. The summed E-state index contributed by atoms with van der Waals surface area (Å²) < 4.78 is 0. The largest absolute Gasteiger partial charge is 0.307 e. The van der Waals surface area contributed by atoms with Crippen LogP contribution < -0.4 is 5.32 Å². The molecule has 0 unspecified atom stereocenters. The minimum atomic E-state index is 0.541. The number of hydrogen-bond acceptors (Lipinski definition) is 3. The normalized spacial score (nSPS) is 30.1. The Morgan fingerprint density at radius 2 is 2.07 bits per heavy atom. The van der Waals surface area contributed by atoms with Crippen molar-refractivity contribution in [3.63, 3.8) is 0 Å². The molecule has 3 nitrogen and oxygen atoms in total. The quantitative estimate of drug-likeness (QED) is 0.721. The Morgan fingerprint density at radius 3 is 2.93 bits per heavy atom. The van der Waals surface area contributed by atoms with Gasteiger partial charge in [0.15, 0.2) is 0 Å². The molecular formula is C11H13N3. The fourth-order valence-electron chi connectivity index (χ4n) is 2.43. The maximum Gasteiger partial charge on any atom is 0.115 e. The third kappa shape index (κ3) is 1.24. The first kappa shape index (κ1) is 8.12. The third-order valence-corrected chi connectivity index (χ3v) is 3.13. The Morgan fingerprint density at radius 1 is 1.21 bits per heavy atom. The molecule has 0 spiro atoms. The number of aromatic nitrogens is 2. The summed E-state index contributed by atoms with van der Waals surface area (Å²) >= 11 is 0. The first-order valence-corrected chi connectivity index (χ1v) is 5.15. The molecule has 1 fully saturated rings. The van der Waals surface area contributed by atoms with Gasteiger partial charge in [-0.2, -0.15) is 0 Å². The van der Waals surface area contributed by atoms with Crippen LogP contribution in [-0.4, -0.2) is 22.1 Å². The van der Waals surface area contributed by atoms with Gasteiger partial charge in [0.05, 0.1) is 0 Å². The van der Waals surface area contributed by atoms with Crippen molar-refractivity contribution in [3.8, 4) is 0 Å². The molecule has 2 aliphatic heterocycles. The number of nitrogens with zero attached hydrogens (tertiary/aromatic N) is 2. The predicted octanol–water partition coefficient (Wildman–Crippen LogP) is 1.38. The fourth-order valence-corrected chi connectivity index (χ4v) is 2.43. The standard InChI is InChI=1S/C11H13N3/c1-3-10(8-5-12-7-13-6-8)11-4-2-9(1)14-11/h3,5-7,9,11,14H,1-2,4H2/t9-,11-/m1/s1. The zero-order valence-corrected chi connectivity index (χ0v) is 7.98. The molecule has 2 aliphatic rings. The van der Waals surface area contributed by atoms with Crippen LogP contribution in [0.3, 0.4) is 0 Å². The van der Waals surface area contributed by atoms with Crippen molar-refractivity contribution < 1.29 is 0 Å². The van der Waals surface area contributed by atoms with Gasteiger partial charge in [0.2, 0.25) is 0 Å². The van der Waals surface area contributed by atoms with Crippen LogP contribution in [0.4, 0.5) is 0 Å². The van der Waals surface area contributed by atoms with Gasteiger partial charge in [0.1, 0.15) is 6.33 Å². The van der Waals surface area contributed by atoms with E-state index >= 15 is 0 Å². The highest BCUT2D eigenvalue weighted by atomic mass is 15.0. The molecule has 3 heterocycles. The Hall–Kier alpha value is -1.22. The van der Waals surface area contributed by atoms with E-state index in [1.165, 1.54) is 24.0 Å². The number of fused-ring (bicyclic) bond motifs is 2. The molecule has 1 saturated heterocycles. The SMILES string of the molecule is C1=C(c2cncnc2)[C@H]2CC[C@@H](C1)N2. The maximum atomic E-state index is 4.06. The minimum Gasteiger partial charge on any atom is -0.307 e. The summed E-state index contributed by atoms with van der Waals surface area (Å²) in [6, 6.07) is 1.26. The number of nitrogens with one attached hydrogen (secondary N) is 1. The summed E-state index contributed by atoms with van der Waals surface area (Å²) in [7, 11) is 0. The summed E-state index contributed by atoms with van der Waals surface area (Å²) in [6.45, 7) is 0. The molecule has 1 N–H and O–H groups in total. The summed E-state index contributed by atoms with van der Waals surface area (Å²) in [5, 5.41) is 3.62. The summed E-state index contributed by atoms with van der Waals surface area (Å²) in [4.78, 5) is 8.12. The second-order valence-electron chi connectivity index (χ2n) is 4.02. The first-order valence-electron chi connectivity index (χ1n) is 5.15. The van der Waals surface area contributed by atoms with Crippen LogP contribution in [0, 0.1) is 0 Å². The molecular weight excluding hydrogens is 174 g/mol. The fraction of sp³-hybridized carbons (Fsp3) is 0.455. The summed E-state index contributed by atoms with van der Waals surface area (Å²) in [5.74, 6) is 0. The van der Waals surface area contributed by atoms with E-state index < -0.39 is 0 Å². The highest BCUT2D eigenvalue weighted by molar-refractivity contribution is 5.70. The average molecular weight is 187 g/mol. The molecule has 2 atom stereocenters. The molecule has 1 aromatic heterocycles. The van der Waals surface area contributed by atoms with E-state index in [4.69, 9.17) is 0 Å². The molecule has 0 radical (unpaired) electrons. The zero-order chi connectivity index (χ0) is 9.38. The molecule has 14 heavy (non-hydrogen) atoms. The molecule has 0 amide bonds. The lowest BCUT2D eigenvalue weighted by Gasteiger charge is -2.22. The number of rotatable bonds is 1. The van der Waals surface area contributed by atoms with E-state index in [1.807, 2.05) is 12.4 Å². The van der Waals surface area contributed by atoms with E-state index in [1.54, 1.807) is 6.33 Å². The monoisotopic (exact) mass is 187 g/mol. The predicted molar refractivity (Wildman–Crippen MR) is 54.6 cm³/mol. The van der Waals surface area contributed by atoms with Gasteiger partial charge in [-0.15, -0.1) is 0 Å². The van der Waals surface area contributed by atoms with Crippen molar-refractivity contribution >= 4 is 5.57 Å². The van der Waals surface area contributed by atoms with Crippen LogP contribution in [0.15, 0.2) is 24.8 Å². The van der Waals surface area contributed by atoms with Gasteiger partial charge in [-0.1, -0.05) is 6.08 Å². The molecule has 0 aromatic carbocycles. The van der Waals surface area contributed by atoms with Gasteiger partial charge in [-0.25, -0.2) is 9.97 Å². The topological polar surface area (TPSA) is 37.8 Å². The Kier molecular flexibility index (Phi) is 1.84. The molecule has 0 saturated carbocycles. The van der Waals surface area contributed by atoms with Crippen molar-refractivity contribution in [2.45, 2.75) is 31.3 Å². The second-order valence-corrected chi connectivity index (χ2v) is 4.02. The average Bonchev–Trinajstić information content (AvgIpc) is 2.62. The summed E-state index contributed by atoms with van der Waals surface area (Å²) in [5.41, 5.74) is 2.56. The van der Waals surface area contributed by atoms with Gasteiger partial charge in [-0.05, 0) is 24.8 Å². The molecule has 3 heteroatoms. The van der Waals surface area contributed by atoms with Gasteiger partial charge in [0.25, 0.3) is 0 Å². The van der Waals surface area contributed by atoms with Crippen LogP contribution in [0.25, 0.3) is 5.57 Å². The minimum absolute atomic E-state index is 0.541. The van der Waals surface area contributed by atoms with Crippen molar-refractivity contribution in [2.75, 3.05) is 0 Å². The van der Waals surface area contributed by atoms with Gasteiger partial charge < -0.3 is 5.32 Å². The molecule has 3 rings (SSSR count). The molecule has 0 aliphatic carbocycles. The molecule has 1 aromatic rings.